The summed E-state index contributed by atoms with van der Waals surface area (Å²) in [6.45, 7) is -1.06. The molecular weight excluding hydrogens is 335 g/mol. The van der Waals surface area contributed by atoms with Gasteiger partial charge in [0, 0.05) is 0 Å². The molecule has 0 aromatic heterocycles. The zero-order valence-electron chi connectivity index (χ0n) is 12.5. The predicted octanol–water partition coefficient (Wildman–Crippen LogP) is 3.04. The fourth-order valence-corrected chi connectivity index (χ4v) is 2.01. The molecule has 0 N–H and O–H groups in total. The van der Waals surface area contributed by atoms with Crippen LogP contribution < -0.4 is 0 Å². The van der Waals surface area contributed by atoms with E-state index in [4.69, 9.17) is 18.5 Å². The van der Waals surface area contributed by atoms with Crippen molar-refractivity contribution in [2.45, 2.75) is 0 Å². The number of carbonyl (C=O) groups excluding carboxylic acids is 2. The minimum Gasteiger partial charge on any atom is -0.434 e. The summed E-state index contributed by atoms with van der Waals surface area (Å²) in [6.07, 6.45) is 0. The Labute approximate surface area is 139 Å². The lowest BCUT2D eigenvalue weighted by Gasteiger charge is -2.07. The average molecular weight is 350 g/mol. The molecule has 0 radical (unpaired) electrons. The number of rotatable bonds is 8. The van der Waals surface area contributed by atoms with Gasteiger partial charge in [0.05, 0.1) is 11.1 Å². The van der Waals surface area contributed by atoms with Crippen LogP contribution in [0.3, 0.4) is 0 Å². The van der Waals surface area contributed by atoms with E-state index < -0.39 is 33.8 Å². The van der Waals surface area contributed by atoms with Crippen LogP contribution in [-0.2, 0) is 23.1 Å². The molecule has 24 heavy (non-hydrogen) atoms. The smallest absolute Gasteiger partial charge is 0.340 e. The highest BCUT2D eigenvalue weighted by Gasteiger charge is 2.09. The van der Waals surface area contributed by atoms with Crippen molar-refractivity contribution >= 4 is 20.2 Å². The molecule has 2 rings (SSSR count). The zero-order valence-corrected chi connectivity index (χ0v) is 13.5. The lowest BCUT2D eigenvalue weighted by molar-refractivity contribution is -0.00262. The van der Waals surface area contributed by atoms with Gasteiger partial charge in [0.2, 0.25) is 13.6 Å². The number of hydrogen-bond donors (Lipinski definition) is 0. The van der Waals surface area contributed by atoms with Crippen molar-refractivity contribution in [2.24, 2.45) is 0 Å². The highest BCUT2D eigenvalue weighted by Crippen LogP contribution is 2.23. The monoisotopic (exact) mass is 350 g/mol. The van der Waals surface area contributed by atoms with Crippen molar-refractivity contribution < 1.29 is 32.7 Å². The van der Waals surface area contributed by atoms with Crippen LogP contribution in [0.4, 0.5) is 0 Å². The Morgan fingerprint density at radius 3 is 1.46 bits per heavy atom. The summed E-state index contributed by atoms with van der Waals surface area (Å²) in [5, 5.41) is 0. The number of benzene rings is 2. The highest BCUT2D eigenvalue weighted by atomic mass is 31.1. The second-order valence-corrected chi connectivity index (χ2v) is 5.45. The highest BCUT2D eigenvalue weighted by molar-refractivity contribution is 7.33. The maximum atomic E-state index is 11.6. The SMILES string of the molecule is O=C(OCO[PH](=O)OCOC(=O)c1ccccc1)c1ccccc1. The summed E-state index contributed by atoms with van der Waals surface area (Å²) in [4.78, 5) is 23.2. The van der Waals surface area contributed by atoms with Gasteiger partial charge in [-0.2, -0.15) is 0 Å². The maximum Gasteiger partial charge on any atom is 0.340 e. The minimum atomic E-state index is -2.95. The average Bonchev–Trinajstić information content (AvgIpc) is 2.63. The number of ether oxygens (including phenoxy) is 2. The third kappa shape index (κ3) is 5.96. The Morgan fingerprint density at radius 2 is 1.08 bits per heavy atom. The fourth-order valence-electron chi connectivity index (χ4n) is 1.62. The largest absolute Gasteiger partial charge is 0.434 e. The number of carbonyl (C=O) groups is 2. The van der Waals surface area contributed by atoms with Crippen LogP contribution in [0.15, 0.2) is 60.7 Å². The van der Waals surface area contributed by atoms with Crippen molar-refractivity contribution in [1.82, 2.24) is 0 Å². The van der Waals surface area contributed by atoms with E-state index in [0.29, 0.717) is 11.1 Å². The third-order valence-corrected chi connectivity index (χ3v) is 3.46. The van der Waals surface area contributed by atoms with Gasteiger partial charge in [0.15, 0.2) is 0 Å². The fraction of sp³-hybridized carbons (Fsp3) is 0.125. The molecule has 126 valence electrons. The molecule has 0 heterocycles. The van der Waals surface area contributed by atoms with Gasteiger partial charge in [-0.15, -0.1) is 0 Å². The Morgan fingerprint density at radius 1 is 0.708 bits per heavy atom. The summed E-state index contributed by atoms with van der Waals surface area (Å²) in [5.41, 5.74) is 0.692. The summed E-state index contributed by atoms with van der Waals surface area (Å²) >= 11 is 0. The first-order valence-corrected chi connectivity index (χ1v) is 8.13. The van der Waals surface area contributed by atoms with E-state index in [0.717, 1.165) is 0 Å². The van der Waals surface area contributed by atoms with E-state index in [2.05, 4.69) is 0 Å². The zero-order chi connectivity index (χ0) is 17.2. The standard InChI is InChI=1S/C16H15O7P/c17-15(13-7-3-1-4-8-13)20-11-22-24(19)23-12-21-16(18)14-9-5-2-6-10-14/h1-10,24H,11-12H2. The van der Waals surface area contributed by atoms with E-state index in [9.17, 15) is 14.2 Å². The first-order valence-electron chi connectivity index (χ1n) is 6.90. The molecule has 2 aromatic carbocycles. The Kier molecular flexibility index (Phi) is 7.17. The van der Waals surface area contributed by atoms with Gasteiger partial charge in [-0.25, -0.2) is 9.59 Å². The minimum absolute atomic E-state index is 0.346. The Balaban J connectivity index is 1.62. The lowest BCUT2D eigenvalue weighted by atomic mass is 10.2. The summed E-state index contributed by atoms with van der Waals surface area (Å²) < 4.78 is 30.4. The van der Waals surface area contributed by atoms with Crippen LogP contribution in [0.2, 0.25) is 0 Å². The molecule has 0 fully saturated rings. The lowest BCUT2D eigenvalue weighted by Crippen LogP contribution is -2.08. The van der Waals surface area contributed by atoms with Crippen molar-refractivity contribution in [3.63, 3.8) is 0 Å². The van der Waals surface area contributed by atoms with E-state index in [1.807, 2.05) is 0 Å². The molecule has 7 nitrogen and oxygen atoms in total. The normalized spacial score (nSPS) is 10.4. The van der Waals surface area contributed by atoms with Crippen molar-refractivity contribution in [1.29, 1.82) is 0 Å². The maximum absolute atomic E-state index is 11.6. The third-order valence-electron chi connectivity index (χ3n) is 2.75. The number of hydrogen-bond acceptors (Lipinski definition) is 7. The molecule has 0 bridgehead atoms. The van der Waals surface area contributed by atoms with Crippen LogP contribution in [0.1, 0.15) is 20.7 Å². The van der Waals surface area contributed by atoms with Crippen molar-refractivity contribution in [3.05, 3.63) is 71.8 Å². The van der Waals surface area contributed by atoms with Crippen LogP contribution in [0.5, 0.6) is 0 Å². The molecule has 0 aliphatic rings. The second-order valence-electron chi connectivity index (χ2n) is 4.37. The van der Waals surface area contributed by atoms with Gasteiger partial charge >= 0.3 is 20.2 Å². The van der Waals surface area contributed by atoms with Crippen LogP contribution >= 0.6 is 8.25 Å². The topological polar surface area (TPSA) is 88.1 Å². The van der Waals surface area contributed by atoms with E-state index >= 15 is 0 Å². The van der Waals surface area contributed by atoms with Crippen LogP contribution in [0, 0.1) is 0 Å². The molecule has 0 saturated heterocycles. The molecular formula is C16H15O7P. The number of esters is 2. The predicted molar refractivity (Wildman–Crippen MR) is 84.6 cm³/mol. The van der Waals surface area contributed by atoms with Gasteiger partial charge in [-0.3, -0.25) is 13.6 Å². The van der Waals surface area contributed by atoms with Crippen LogP contribution in [-0.4, -0.2) is 25.5 Å². The second kappa shape index (κ2) is 9.62. The molecule has 0 saturated carbocycles. The Hall–Kier alpha value is -2.47. The van der Waals surface area contributed by atoms with Gasteiger partial charge < -0.3 is 9.47 Å². The van der Waals surface area contributed by atoms with Gasteiger partial charge in [0.1, 0.15) is 0 Å². The van der Waals surface area contributed by atoms with Crippen LogP contribution in [0.25, 0.3) is 0 Å². The first kappa shape index (κ1) is 17.9. The van der Waals surface area contributed by atoms with E-state index in [-0.39, 0.29) is 0 Å². The van der Waals surface area contributed by atoms with Crippen molar-refractivity contribution in [2.75, 3.05) is 13.6 Å². The molecule has 0 aliphatic heterocycles. The van der Waals surface area contributed by atoms with E-state index in [1.165, 1.54) is 0 Å². The van der Waals surface area contributed by atoms with Crippen molar-refractivity contribution in [3.8, 4) is 0 Å². The quantitative estimate of drug-likeness (QED) is 0.411. The molecule has 0 unspecified atom stereocenters. The summed E-state index contributed by atoms with van der Waals surface area (Å²) in [6, 6.07) is 16.6. The molecule has 2 aromatic rings. The molecule has 0 amide bonds. The molecule has 0 atom stereocenters. The summed E-state index contributed by atoms with van der Waals surface area (Å²) in [5.74, 6) is -1.22. The molecule has 0 aliphatic carbocycles. The van der Waals surface area contributed by atoms with E-state index in [1.54, 1.807) is 60.7 Å². The van der Waals surface area contributed by atoms with Gasteiger partial charge in [-0.1, -0.05) is 36.4 Å². The molecule has 0 spiro atoms. The molecule has 8 heteroatoms. The first-order chi connectivity index (χ1) is 11.7. The summed E-state index contributed by atoms with van der Waals surface area (Å²) in [7, 11) is -2.95. The van der Waals surface area contributed by atoms with Gasteiger partial charge in [-0.05, 0) is 24.3 Å². The Bertz CT molecular complexity index is 629. The van der Waals surface area contributed by atoms with Gasteiger partial charge in [0.25, 0.3) is 0 Å².